The van der Waals surface area contributed by atoms with Gasteiger partial charge >= 0.3 is 0 Å². The molecule has 0 aliphatic heterocycles. The normalized spacial score (nSPS) is 17.0. The fourth-order valence-corrected chi connectivity index (χ4v) is 2.23. The van der Waals surface area contributed by atoms with Crippen LogP contribution in [0.25, 0.3) is 0 Å². The second kappa shape index (κ2) is 4.75. The van der Waals surface area contributed by atoms with Gasteiger partial charge in [-0.25, -0.2) is 9.97 Å². The summed E-state index contributed by atoms with van der Waals surface area (Å²) in [6, 6.07) is 0.526. The molecule has 1 aromatic heterocycles. The summed E-state index contributed by atoms with van der Waals surface area (Å²) in [7, 11) is 2.11. The van der Waals surface area contributed by atoms with Crippen molar-refractivity contribution in [1.29, 1.82) is 0 Å². The van der Waals surface area contributed by atoms with Gasteiger partial charge in [0.1, 0.15) is 17.5 Å². The van der Waals surface area contributed by atoms with Crippen molar-refractivity contribution in [2.24, 2.45) is 5.92 Å². The molecule has 4 nitrogen and oxygen atoms in total. The lowest BCUT2D eigenvalue weighted by Crippen LogP contribution is -2.32. The molecular formula is C14H24N4. The van der Waals surface area contributed by atoms with Crippen molar-refractivity contribution in [3.8, 4) is 0 Å². The highest BCUT2D eigenvalue weighted by Gasteiger charge is 2.32. The van der Waals surface area contributed by atoms with Crippen LogP contribution in [-0.4, -0.2) is 23.1 Å². The fraction of sp³-hybridized carbons (Fsp3) is 0.714. The quantitative estimate of drug-likeness (QED) is 0.890. The second-order valence-corrected chi connectivity index (χ2v) is 5.76. The zero-order valence-electron chi connectivity index (χ0n) is 12.1. The van der Waals surface area contributed by atoms with Gasteiger partial charge in [0, 0.05) is 24.6 Å². The van der Waals surface area contributed by atoms with Gasteiger partial charge in [-0.05, 0) is 32.6 Å². The molecule has 1 saturated carbocycles. The van der Waals surface area contributed by atoms with Crippen LogP contribution in [0.3, 0.4) is 0 Å². The Balaban J connectivity index is 2.35. The number of hydrogen-bond donors (Lipinski definition) is 1. The molecule has 0 bridgehead atoms. The molecule has 0 spiro atoms. The largest absolute Gasteiger partial charge is 0.383 e. The molecule has 0 amide bonds. The maximum Gasteiger partial charge on any atom is 0.137 e. The lowest BCUT2D eigenvalue weighted by Gasteiger charge is -2.28. The number of hydrogen-bond acceptors (Lipinski definition) is 4. The number of rotatable bonds is 4. The molecule has 18 heavy (non-hydrogen) atoms. The molecule has 1 aliphatic carbocycles. The van der Waals surface area contributed by atoms with Gasteiger partial charge in [0.25, 0.3) is 0 Å². The van der Waals surface area contributed by atoms with Gasteiger partial charge in [0.05, 0.1) is 0 Å². The highest BCUT2D eigenvalue weighted by Crippen LogP contribution is 2.37. The van der Waals surface area contributed by atoms with Crippen LogP contribution in [0.5, 0.6) is 0 Å². The van der Waals surface area contributed by atoms with Crippen LogP contribution in [0.15, 0.2) is 0 Å². The molecule has 4 heteroatoms. The lowest BCUT2D eigenvalue weighted by molar-refractivity contribution is 0.599. The van der Waals surface area contributed by atoms with Gasteiger partial charge in [-0.15, -0.1) is 0 Å². The summed E-state index contributed by atoms with van der Waals surface area (Å²) in [6.07, 6.45) is 2.67. The average Bonchev–Trinajstić information content (AvgIpc) is 3.14. The smallest absolute Gasteiger partial charge is 0.137 e. The minimum atomic E-state index is 0.302. The summed E-state index contributed by atoms with van der Waals surface area (Å²) in [5.41, 5.74) is 7.01. The maximum atomic E-state index is 6.01. The Morgan fingerprint density at radius 3 is 2.33 bits per heavy atom. The lowest BCUT2D eigenvalue weighted by atomic mass is 10.1. The number of nitrogens with zero attached hydrogens (tertiary/aromatic N) is 3. The van der Waals surface area contributed by atoms with E-state index in [4.69, 9.17) is 10.7 Å². The Kier molecular flexibility index (Phi) is 3.46. The SMILES string of the molecule is Cc1c(N)nc(C(C)C)nc1N(C)C(C)C1CC1. The van der Waals surface area contributed by atoms with E-state index in [0.717, 1.165) is 23.1 Å². The van der Waals surface area contributed by atoms with Crippen LogP contribution < -0.4 is 10.6 Å². The van der Waals surface area contributed by atoms with Crippen LogP contribution >= 0.6 is 0 Å². The highest BCUT2D eigenvalue weighted by molar-refractivity contribution is 5.56. The van der Waals surface area contributed by atoms with Crippen LogP contribution in [0.2, 0.25) is 0 Å². The van der Waals surface area contributed by atoms with Crippen molar-refractivity contribution in [2.75, 3.05) is 17.7 Å². The average molecular weight is 248 g/mol. The molecule has 1 fully saturated rings. The number of nitrogen functional groups attached to an aromatic ring is 1. The van der Waals surface area contributed by atoms with E-state index in [0.29, 0.717) is 17.8 Å². The third kappa shape index (κ3) is 2.42. The summed E-state index contributed by atoms with van der Waals surface area (Å²) < 4.78 is 0. The predicted octanol–water partition coefficient (Wildman–Crippen LogP) is 2.73. The van der Waals surface area contributed by atoms with Crippen LogP contribution in [0, 0.1) is 12.8 Å². The summed E-state index contributed by atoms with van der Waals surface area (Å²) in [5, 5.41) is 0. The molecule has 1 aliphatic rings. The first-order valence-corrected chi connectivity index (χ1v) is 6.78. The summed E-state index contributed by atoms with van der Waals surface area (Å²) >= 11 is 0. The summed E-state index contributed by atoms with van der Waals surface area (Å²) in [5.74, 6) is 3.55. The molecule has 1 heterocycles. The molecule has 0 saturated heterocycles. The zero-order valence-corrected chi connectivity index (χ0v) is 12.1. The third-order valence-corrected chi connectivity index (χ3v) is 3.94. The van der Waals surface area contributed by atoms with Gasteiger partial charge in [-0.3, -0.25) is 0 Å². The monoisotopic (exact) mass is 248 g/mol. The molecule has 2 N–H and O–H groups in total. The minimum Gasteiger partial charge on any atom is -0.383 e. The van der Waals surface area contributed by atoms with Crippen molar-refractivity contribution in [2.45, 2.75) is 52.5 Å². The Bertz CT molecular complexity index is 438. The van der Waals surface area contributed by atoms with Crippen LogP contribution in [0.4, 0.5) is 11.6 Å². The van der Waals surface area contributed by atoms with Crippen molar-refractivity contribution in [3.63, 3.8) is 0 Å². The zero-order chi connectivity index (χ0) is 13.4. The van der Waals surface area contributed by atoms with Crippen molar-refractivity contribution in [1.82, 2.24) is 9.97 Å². The summed E-state index contributed by atoms with van der Waals surface area (Å²) in [6.45, 7) is 8.46. The number of nitrogens with two attached hydrogens (primary N) is 1. The maximum absolute atomic E-state index is 6.01. The van der Waals surface area contributed by atoms with E-state index in [1.54, 1.807) is 0 Å². The van der Waals surface area contributed by atoms with E-state index in [9.17, 15) is 0 Å². The van der Waals surface area contributed by atoms with Gasteiger partial charge in [-0.2, -0.15) is 0 Å². The Morgan fingerprint density at radius 2 is 1.83 bits per heavy atom. The molecule has 0 aromatic carbocycles. The molecule has 2 rings (SSSR count). The predicted molar refractivity (Wildman–Crippen MR) is 75.9 cm³/mol. The van der Waals surface area contributed by atoms with Crippen molar-refractivity contribution < 1.29 is 0 Å². The van der Waals surface area contributed by atoms with Gasteiger partial charge in [-0.1, -0.05) is 13.8 Å². The fourth-order valence-electron chi connectivity index (χ4n) is 2.23. The van der Waals surface area contributed by atoms with Crippen molar-refractivity contribution in [3.05, 3.63) is 11.4 Å². The first kappa shape index (κ1) is 13.1. The molecule has 1 aromatic rings. The second-order valence-electron chi connectivity index (χ2n) is 5.76. The molecule has 1 atom stereocenters. The molecule has 100 valence electrons. The molecular weight excluding hydrogens is 224 g/mol. The summed E-state index contributed by atoms with van der Waals surface area (Å²) in [4.78, 5) is 11.3. The first-order valence-electron chi connectivity index (χ1n) is 6.78. The third-order valence-electron chi connectivity index (χ3n) is 3.94. The van der Waals surface area contributed by atoms with E-state index in [-0.39, 0.29) is 0 Å². The van der Waals surface area contributed by atoms with E-state index in [2.05, 4.69) is 37.7 Å². The number of anilines is 2. The standard InChI is InChI=1S/C14H24N4/c1-8(2)13-16-12(15)9(3)14(17-13)18(5)10(4)11-6-7-11/h8,10-11H,6-7H2,1-5H3,(H2,15,16,17). The molecule has 1 unspecified atom stereocenters. The highest BCUT2D eigenvalue weighted by atomic mass is 15.2. The topological polar surface area (TPSA) is 55.0 Å². The van der Waals surface area contributed by atoms with Crippen molar-refractivity contribution >= 4 is 11.6 Å². The molecule has 0 radical (unpaired) electrons. The number of aromatic nitrogens is 2. The van der Waals surface area contributed by atoms with E-state index >= 15 is 0 Å². The van der Waals surface area contributed by atoms with Gasteiger partial charge in [0.2, 0.25) is 0 Å². The Labute approximate surface area is 110 Å². The van der Waals surface area contributed by atoms with Crippen LogP contribution in [-0.2, 0) is 0 Å². The minimum absolute atomic E-state index is 0.302. The van der Waals surface area contributed by atoms with Crippen LogP contribution in [0.1, 0.15) is 50.9 Å². The van der Waals surface area contributed by atoms with Gasteiger partial charge in [0.15, 0.2) is 0 Å². The van der Waals surface area contributed by atoms with E-state index in [1.807, 2.05) is 6.92 Å². The van der Waals surface area contributed by atoms with Gasteiger partial charge < -0.3 is 10.6 Å². The van der Waals surface area contributed by atoms with E-state index in [1.165, 1.54) is 12.8 Å². The first-order chi connectivity index (χ1) is 8.41. The Hall–Kier alpha value is -1.32. The van der Waals surface area contributed by atoms with E-state index < -0.39 is 0 Å². The Morgan fingerprint density at radius 1 is 1.22 bits per heavy atom.